The number of nitrogens with zero attached hydrogens (tertiary/aromatic N) is 2. The van der Waals surface area contributed by atoms with E-state index in [1.807, 2.05) is 49.4 Å². The number of esters is 1. The highest BCUT2D eigenvalue weighted by Crippen LogP contribution is 2.35. The molecule has 1 aliphatic carbocycles. The molecule has 0 bridgehead atoms. The van der Waals surface area contributed by atoms with Crippen LogP contribution in [0.2, 0.25) is 0 Å². The fraction of sp³-hybridized carbons (Fsp3) is 0.483. The number of ketones is 1. The fourth-order valence-corrected chi connectivity index (χ4v) is 6.32. The molecule has 1 saturated carbocycles. The molecular weight excluding hydrogens is 505 g/mol. The summed E-state index contributed by atoms with van der Waals surface area (Å²) >= 11 is 1.50. The Hall–Kier alpha value is -2.88. The van der Waals surface area contributed by atoms with Crippen molar-refractivity contribution >= 4 is 44.1 Å². The molecule has 1 saturated heterocycles. The van der Waals surface area contributed by atoms with Crippen molar-refractivity contribution in [1.82, 2.24) is 9.88 Å². The number of carbonyl (C=O) groups excluding carboxylic acids is 2. The van der Waals surface area contributed by atoms with Crippen molar-refractivity contribution < 1.29 is 23.5 Å². The van der Waals surface area contributed by atoms with Crippen LogP contribution in [0.4, 0.5) is 15.2 Å². The van der Waals surface area contributed by atoms with Crippen molar-refractivity contribution in [3.05, 3.63) is 53.6 Å². The second-order valence-electron chi connectivity index (χ2n) is 10.2. The van der Waals surface area contributed by atoms with Gasteiger partial charge in [0, 0.05) is 25.2 Å². The van der Waals surface area contributed by atoms with Gasteiger partial charge in [-0.05, 0) is 74.8 Å². The molecule has 1 aromatic heterocycles. The van der Waals surface area contributed by atoms with Gasteiger partial charge in [0.2, 0.25) is 5.78 Å². The number of para-hydroxylation sites is 1. The standard InChI is InChI=1S/C29H34FN3O4S/c1-19-7-3-4-8-23(19)31-28-32-24-14-9-20(17-25(24)38-28)18-26(34)29(30,33-15-5-6-16-33)37-22-12-10-21(11-13-22)27(35)36-2/h3-4,7-9,14,17,21-22H,5-6,10-13,15-16,18H2,1-2H3,(H,31,32). The molecule has 1 atom stereocenters. The van der Waals surface area contributed by atoms with Crippen LogP contribution >= 0.6 is 11.3 Å². The van der Waals surface area contributed by atoms with Crippen LogP contribution in [0.5, 0.6) is 0 Å². The lowest BCUT2D eigenvalue weighted by Crippen LogP contribution is -2.54. The Labute approximate surface area is 226 Å². The van der Waals surface area contributed by atoms with E-state index in [2.05, 4.69) is 10.3 Å². The van der Waals surface area contributed by atoms with Crippen LogP contribution in [0, 0.1) is 12.8 Å². The lowest BCUT2D eigenvalue weighted by molar-refractivity contribution is -0.252. The molecule has 2 heterocycles. The minimum atomic E-state index is -2.47. The van der Waals surface area contributed by atoms with Crippen LogP contribution in [0.15, 0.2) is 42.5 Å². The average Bonchev–Trinajstić information content (AvgIpc) is 3.60. The smallest absolute Gasteiger partial charge is 0.330 e. The molecule has 1 unspecified atom stereocenters. The topological polar surface area (TPSA) is 80.8 Å². The molecule has 202 valence electrons. The number of carbonyl (C=O) groups is 2. The summed E-state index contributed by atoms with van der Waals surface area (Å²) < 4.78 is 28.3. The molecular formula is C29H34FN3O4S. The van der Waals surface area contributed by atoms with Gasteiger partial charge >= 0.3 is 11.9 Å². The first-order valence-electron chi connectivity index (χ1n) is 13.3. The lowest BCUT2D eigenvalue weighted by atomic mass is 9.87. The normalized spacial score (nSPS) is 21.8. The zero-order valence-corrected chi connectivity index (χ0v) is 22.7. The van der Waals surface area contributed by atoms with E-state index >= 15 is 4.39 Å². The van der Waals surface area contributed by atoms with Crippen molar-refractivity contribution in [1.29, 1.82) is 0 Å². The second kappa shape index (κ2) is 11.5. The third-order valence-corrected chi connectivity index (χ3v) is 8.53. The molecule has 5 rings (SSSR count). The fourth-order valence-electron chi connectivity index (χ4n) is 5.38. The number of benzene rings is 2. The number of ether oxygens (including phenoxy) is 2. The molecule has 1 N–H and O–H groups in total. The van der Waals surface area contributed by atoms with Gasteiger partial charge in [0.25, 0.3) is 0 Å². The van der Waals surface area contributed by atoms with Gasteiger partial charge < -0.3 is 14.8 Å². The number of aryl methyl sites for hydroxylation is 1. The third-order valence-electron chi connectivity index (χ3n) is 7.59. The summed E-state index contributed by atoms with van der Waals surface area (Å²) in [5.41, 5.74) is 3.67. The zero-order valence-electron chi connectivity index (χ0n) is 21.9. The van der Waals surface area contributed by atoms with Crippen molar-refractivity contribution in [3.8, 4) is 0 Å². The first-order valence-corrected chi connectivity index (χ1v) is 14.1. The average molecular weight is 540 g/mol. The van der Waals surface area contributed by atoms with Crippen molar-refractivity contribution in [2.24, 2.45) is 5.92 Å². The summed E-state index contributed by atoms with van der Waals surface area (Å²) in [5, 5.41) is 4.13. The van der Waals surface area contributed by atoms with Crippen LogP contribution in [-0.2, 0) is 25.5 Å². The summed E-state index contributed by atoms with van der Waals surface area (Å²) in [6.07, 6.45) is 3.38. The lowest BCUT2D eigenvalue weighted by Gasteiger charge is -2.37. The first kappa shape index (κ1) is 26.7. The number of methoxy groups -OCH3 is 1. The second-order valence-corrected chi connectivity index (χ2v) is 11.3. The van der Waals surface area contributed by atoms with Gasteiger partial charge in [0.05, 0.1) is 29.3 Å². The van der Waals surface area contributed by atoms with E-state index in [0.29, 0.717) is 38.8 Å². The number of aromatic nitrogens is 1. The summed E-state index contributed by atoms with van der Waals surface area (Å²) in [5.74, 6) is -3.48. The quantitative estimate of drug-likeness (QED) is 0.267. The number of fused-ring (bicyclic) bond motifs is 1. The molecule has 3 aromatic rings. The molecule has 0 spiro atoms. The van der Waals surface area contributed by atoms with Crippen LogP contribution in [0.25, 0.3) is 10.2 Å². The van der Waals surface area contributed by atoms with E-state index < -0.39 is 17.9 Å². The van der Waals surface area contributed by atoms with Gasteiger partial charge in [-0.1, -0.05) is 35.6 Å². The minimum Gasteiger partial charge on any atom is -0.469 e. The maximum atomic E-state index is 16.5. The molecule has 9 heteroatoms. The highest BCUT2D eigenvalue weighted by atomic mass is 32.1. The summed E-state index contributed by atoms with van der Waals surface area (Å²) in [7, 11) is 1.38. The highest BCUT2D eigenvalue weighted by molar-refractivity contribution is 7.22. The molecule has 2 aliphatic rings. The first-order chi connectivity index (χ1) is 18.4. The van der Waals surface area contributed by atoms with E-state index in [0.717, 1.165) is 45.0 Å². The van der Waals surface area contributed by atoms with Crippen LogP contribution in [-0.4, -0.2) is 53.9 Å². The Morgan fingerprint density at radius 3 is 2.58 bits per heavy atom. The van der Waals surface area contributed by atoms with Crippen molar-refractivity contribution in [2.75, 3.05) is 25.5 Å². The maximum Gasteiger partial charge on any atom is 0.330 e. The molecule has 0 amide bonds. The van der Waals surface area contributed by atoms with E-state index in [9.17, 15) is 9.59 Å². The highest BCUT2D eigenvalue weighted by Gasteiger charge is 2.48. The monoisotopic (exact) mass is 539 g/mol. The van der Waals surface area contributed by atoms with E-state index in [4.69, 9.17) is 9.47 Å². The maximum absolute atomic E-state index is 16.5. The van der Waals surface area contributed by atoms with E-state index in [-0.39, 0.29) is 18.3 Å². The van der Waals surface area contributed by atoms with Crippen molar-refractivity contribution in [2.45, 2.75) is 64.0 Å². The molecule has 0 radical (unpaired) electrons. The van der Waals surface area contributed by atoms with Gasteiger partial charge in [0.15, 0.2) is 5.13 Å². The van der Waals surface area contributed by atoms with Crippen LogP contribution in [0.3, 0.4) is 0 Å². The number of rotatable bonds is 9. The Kier molecular flexibility index (Phi) is 8.07. The SMILES string of the molecule is COC(=O)C1CCC(OC(F)(C(=O)Cc2ccc3nc(Nc4ccccc4C)sc3c2)N2CCCC2)CC1. The number of alkyl halides is 1. The van der Waals surface area contributed by atoms with Gasteiger partial charge in [-0.2, -0.15) is 4.39 Å². The van der Waals surface area contributed by atoms with Gasteiger partial charge in [-0.25, -0.2) is 9.88 Å². The summed E-state index contributed by atoms with van der Waals surface area (Å²) in [6, 6.07) is 13.6. The Bertz CT molecular complexity index is 1300. The largest absolute Gasteiger partial charge is 0.469 e. The molecule has 2 fully saturated rings. The number of likely N-dealkylation sites (tertiary alicyclic amines) is 1. The van der Waals surface area contributed by atoms with E-state index in [1.165, 1.54) is 23.3 Å². The van der Waals surface area contributed by atoms with Crippen LogP contribution in [0.1, 0.15) is 49.7 Å². The van der Waals surface area contributed by atoms with Gasteiger partial charge in [0.1, 0.15) is 0 Å². The van der Waals surface area contributed by atoms with Crippen molar-refractivity contribution in [3.63, 3.8) is 0 Å². The predicted molar refractivity (Wildman–Crippen MR) is 146 cm³/mol. The zero-order chi connectivity index (χ0) is 26.7. The Morgan fingerprint density at radius 2 is 1.87 bits per heavy atom. The summed E-state index contributed by atoms with van der Waals surface area (Å²) in [4.78, 5) is 31.6. The number of anilines is 2. The Morgan fingerprint density at radius 1 is 1.13 bits per heavy atom. The molecule has 2 aromatic carbocycles. The number of thiazole rings is 1. The predicted octanol–water partition coefficient (Wildman–Crippen LogP) is 5.93. The van der Waals surface area contributed by atoms with Gasteiger partial charge in [-0.15, -0.1) is 0 Å². The minimum absolute atomic E-state index is 0.0705. The molecule has 38 heavy (non-hydrogen) atoms. The van der Waals surface area contributed by atoms with Gasteiger partial charge in [-0.3, -0.25) is 9.59 Å². The van der Waals surface area contributed by atoms with Crippen LogP contribution < -0.4 is 5.32 Å². The number of nitrogens with one attached hydrogen (secondary N) is 1. The number of halogens is 1. The Balaban J connectivity index is 1.29. The molecule has 7 nitrogen and oxygen atoms in total. The number of Topliss-reactive ketones (excluding diaryl/α,β-unsaturated/α-hetero) is 1. The molecule has 1 aliphatic heterocycles. The third kappa shape index (κ3) is 5.75. The van der Waals surface area contributed by atoms with E-state index in [1.54, 1.807) is 0 Å². The summed E-state index contributed by atoms with van der Waals surface area (Å²) in [6.45, 7) is 3.01. The number of hydrogen-bond donors (Lipinski definition) is 1. The number of hydrogen-bond acceptors (Lipinski definition) is 8.